The molecule has 0 bridgehead atoms. The summed E-state index contributed by atoms with van der Waals surface area (Å²) in [5.74, 6) is -3.06. The highest BCUT2D eigenvalue weighted by Gasteiger charge is 2.45. The van der Waals surface area contributed by atoms with Crippen molar-refractivity contribution in [2.24, 2.45) is 0 Å². The molecule has 0 unspecified atom stereocenters. The predicted molar refractivity (Wildman–Crippen MR) is 199 cm³/mol. The van der Waals surface area contributed by atoms with Crippen LogP contribution in [0.4, 0.5) is 37.7 Å². The molecule has 7 rings (SSSR count). The number of carbonyl (C=O) groups is 4. The summed E-state index contributed by atoms with van der Waals surface area (Å²) in [7, 11) is 0. The van der Waals surface area contributed by atoms with Crippen LogP contribution >= 0.6 is 23.5 Å². The van der Waals surface area contributed by atoms with Gasteiger partial charge in [0.15, 0.2) is 0 Å². The second-order valence-corrected chi connectivity index (χ2v) is 15.1. The van der Waals surface area contributed by atoms with Crippen molar-refractivity contribution in [3.05, 3.63) is 119 Å². The molecule has 5 aromatic rings. The first-order valence-electron chi connectivity index (χ1n) is 16.9. The molecule has 2 saturated heterocycles. The highest BCUT2D eigenvalue weighted by molar-refractivity contribution is 8.01. The number of hydrogen-bond acceptors (Lipinski definition) is 10. The zero-order chi connectivity index (χ0) is 41.5. The van der Waals surface area contributed by atoms with Gasteiger partial charge in [-0.05, 0) is 36.4 Å². The van der Waals surface area contributed by atoms with E-state index in [9.17, 15) is 56.0 Å². The number of nitriles is 2. The van der Waals surface area contributed by atoms with E-state index >= 15 is 0 Å². The van der Waals surface area contributed by atoms with Crippen molar-refractivity contribution in [3.63, 3.8) is 0 Å². The minimum Gasteiger partial charge on any atom is -0.274 e. The van der Waals surface area contributed by atoms with Crippen molar-refractivity contribution in [2.45, 2.75) is 45.7 Å². The van der Waals surface area contributed by atoms with Gasteiger partial charge in [-0.3, -0.25) is 19.2 Å². The Morgan fingerprint density at radius 3 is 1.22 bits per heavy atom. The highest BCUT2D eigenvalue weighted by Crippen LogP contribution is 2.43. The fourth-order valence-corrected chi connectivity index (χ4v) is 8.60. The molecule has 2 aliphatic rings. The molecular formula is C40H22F6N6O4S2. The molecule has 58 heavy (non-hydrogen) atoms. The van der Waals surface area contributed by atoms with Crippen molar-refractivity contribution in [2.75, 3.05) is 9.80 Å². The number of imide groups is 2. The minimum absolute atomic E-state index is 0.00891. The maximum atomic E-state index is 14.1. The maximum Gasteiger partial charge on any atom is 0.417 e. The number of pyridine rings is 2. The normalized spacial score (nSPS) is 17.2. The van der Waals surface area contributed by atoms with Crippen molar-refractivity contribution < 1.29 is 45.5 Å². The van der Waals surface area contributed by atoms with Crippen molar-refractivity contribution >= 4 is 58.5 Å². The fourth-order valence-electron chi connectivity index (χ4n) is 6.35. The average molecular weight is 829 g/mol. The quantitative estimate of drug-likeness (QED) is 0.110. The zero-order valence-corrected chi connectivity index (χ0v) is 30.8. The van der Waals surface area contributed by atoms with Crippen LogP contribution in [0.1, 0.15) is 35.1 Å². The molecule has 2 atom stereocenters. The van der Waals surface area contributed by atoms with Crippen molar-refractivity contribution in [3.8, 4) is 34.7 Å². The molecule has 3 aromatic carbocycles. The monoisotopic (exact) mass is 828 g/mol. The molecule has 0 radical (unpaired) electrons. The van der Waals surface area contributed by atoms with E-state index in [0.29, 0.717) is 34.7 Å². The molecule has 0 spiro atoms. The lowest BCUT2D eigenvalue weighted by Gasteiger charge is -2.19. The van der Waals surface area contributed by atoms with Gasteiger partial charge in [0.05, 0.1) is 55.5 Å². The molecule has 4 heterocycles. The van der Waals surface area contributed by atoms with Gasteiger partial charge in [-0.15, -0.1) is 0 Å². The maximum absolute atomic E-state index is 14.1. The molecule has 290 valence electrons. The van der Waals surface area contributed by atoms with E-state index in [1.54, 1.807) is 36.4 Å². The Morgan fingerprint density at radius 1 is 0.569 bits per heavy atom. The number of thioether (sulfide) groups is 2. The second-order valence-electron chi connectivity index (χ2n) is 12.7. The van der Waals surface area contributed by atoms with Crippen LogP contribution in [-0.4, -0.2) is 44.1 Å². The van der Waals surface area contributed by atoms with Gasteiger partial charge in [-0.2, -0.15) is 36.9 Å². The number of carbonyl (C=O) groups excluding carboxylic acids is 4. The Kier molecular flexibility index (Phi) is 10.6. The third-order valence-corrected chi connectivity index (χ3v) is 11.4. The minimum atomic E-state index is -4.94. The van der Waals surface area contributed by atoms with Gasteiger partial charge < -0.3 is 0 Å². The highest BCUT2D eigenvalue weighted by atomic mass is 32.2. The second kappa shape index (κ2) is 15.4. The van der Waals surface area contributed by atoms with Gasteiger partial charge in [-0.25, -0.2) is 19.8 Å². The third-order valence-electron chi connectivity index (χ3n) is 9.03. The number of halogens is 6. The van der Waals surface area contributed by atoms with E-state index in [2.05, 4.69) is 9.97 Å². The van der Waals surface area contributed by atoms with Crippen molar-refractivity contribution in [1.82, 2.24) is 9.97 Å². The number of anilines is 2. The Balaban J connectivity index is 1.12. The lowest BCUT2D eigenvalue weighted by Crippen LogP contribution is -2.32. The molecule has 0 saturated carbocycles. The first-order valence-corrected chi connectivity index (χ1v) is 18.7. The summed E-state index contributed by atoms with van der Waals surface area (Å²) in [6.45, 7) is 0. The standard InChI is InChI=1S/C40H22F6N6O4S2/c41-39(42,43)27-15-29(21-7-3-1-4-8-21)49-35(25(27)19-47)57-31-17-33(53)51(37(31)55)23-11-13-24(14-12-23)52-34(54)18-32(38(52)56)58-36-26(20-48)28(40(44,45)46)16-30(50-36)22-9-5-2-6-10-22/h1-16,31-32H,17-18H2/t31-,32+. The summed E-state index contributed by atoms with van der Waals surface area (Å²) in [4.78, 5) is 63.7. The number of benzene rings is 3. The van der Waals surface area contributed by atoms with Crippen LogP contribution in [0.15, 0.2) is 107 Å². The first-order chi connectivity index (χ1) is 27.6. The summed E-state index contributed by atoms with van der Waals surface area (Å²) in [6.07, 6.45) is -10.8. The van der Waals surface area contributed by atoms with Gasteiger partial charge in [0.1, 0.15) is 22.2 Å². The number of amides is 4. The van der Waals surface area contributed by atoms with E-state index in [1.807, 2.05) is 0 Å². The lowest BCUT2D eigenvalue weighted by atomic mass is 10.1. The summed E-state index contributed by atoms with van der Waals surface area (Å²) >= 11 is 1.10. The topological polar surface area (TPSA) is 148 Å². The largest absolute Gasteiger partial charge is 0.417 e. The van der Waals surface area contributed by atoms with E-state index in [4.69, 9.17) is 0 Å². The number of hydrogen-bond donors (Lipinski definition) is 0. The van der Waals surface area contributed by atoms with Gasteiger partial charge in [0.2, 0.25) is 23.6 Å². The van der Waals surface area contributed by atoms with Crippen LogP contribution in [0.5, 0.6) is 0 Å². The molecule has 0 N–H and O–H groups in total. The molecule has 4 amide bonds. The molecule has 0 aliphatic carbocycles. The van der Waals surface area contributed by atoms with Crippen LogP contribution in [-0.2, 0) is 31.5 Å². The van der Waals surface area contributed by atoms with E-state index < -0.39 is 91.6 Å². The lowest BCUT2D eigenvalue weighted by molar-refractivity contribution is -0.138. The van der Waals surface area contributed by atoms with Crippen LogP contribution in [0.3, 0.4) is 0 Å². The third kappa shape index (κ3) is 7.63. The van der Waals surface area contributed by atoms with Gasteiger partial charge >= 0.3 is 12.4 Å². The van der Waals surface area contributed by atoms with Crippen LogP contribution in [0.25, 0.3) is 22.5 Å². The Hall–Kier alpha value is -6.50. The number of alkyl halides is 6. The van der Waals surface area contributed by atoms with Crippen molar-refractivity contribution in [1.29, 1.82) is 10.5 Å². The average Bonchev–Trinajstić information content (AvgIpc) is 3.64. The predicted octanol–water partition coefficient (Wildman–Crippen LogP) is 8.44. The summed E-state index contributed by atoms with van der Waals surface area (Å²) in [6, 6.07) is 25.4. The van der Waals surface area contributed by atoms with E-state index in [-0.39, 0.29) is 22.8 Å². The fraction of sp³-hybridized carbons (Fsp3) is 0.150. The van der Waals surface area contributed by atoms with Crippen LogP contribution in [0, 0.1) is 22.7 Å². The molecular weight excluding hydrogens is 807 g/mol. The Morgan fingerprint density at radius 2 is 0.914 bits per heavy atom. The smallest absolute Gasteiger partial charge is 0.274 e. The molecule has 2 fully saturated rings. The number of nitrogens with zero attached hydrogens (tertiary/aromatic N) is 6. The van der Waals surface area contributed by atoms with Gasteiger partial charge in [0.25, 0.3) is 0 Å². The zero-order valence-electron chi connectivity index (χ0n) is 29.2. The van der Waals surface area contributed by atoms with Crippen LogP contribution in [0.2, 0.25) is 0 Å². The molecule has 18 heteroatoms. The van der Waals surface area contributed by atoms with Gasteiger partial charge in [-0.1, -0.05) is 84.2 Å². The molecule has 2 aliphatic heterocycles. The van der Waals surface area contributed by atoms with E-state index in [1.165, 1.54) is 60.7 Å². The number of aromatic nitrogens is 2. The SMILES string of the molecule is N#Cc1c(C(F)(F)F)cc(-c2ccccc2)nc1S[C@H]1CC(=O)N(c2ccc(N3C(=O)C[C@@H](Sc4nc(-c5ccccc5)cc(C(F)(F)F)c4C#N)C3=O)cc2)C1=O. The number of rotatable bonds is 8. The van der Waals surface area contributed by atoms with E-state index in [0.717, 1.165) is 21.9 Å². The first kappa shape index (κ1) is 39.7. The Labute approximate surface area is 333 Å². The molecule has 10 nitrogen and oxygen atoms in total. The van der Waals surface area contributed by atoms with Crippen LogP contribution < -0.4 is 9.80 Å². The summed E-state index contributed by atoms with van der Waals surface area (Å²) in [5.41, 5.74) is -3.65. The van der Waals surface area contributed by atoms with Gasteiger partial charge in [0, 0.05) is 24.0 Å². The molecule has 2 aromatic heterocycles. The summed E-state index contributed by atoms with van der Waals surface area (Å²) < 4.78 is 84.6. The Bertz CT molecular complexity index is 2400. The summed E-state index contributed by atoms with van der Waals surface area (Å²) in [5, 5.41) is 16.2.